The summed E-state index contributed by atoms with van der Waals surface area (Å²) in [6, 6.07) is 0. The minimum Gasteiger partial charge on any atom is -0.399 e. The van der Waals surface area contributed by atoms with Gasteiger partial charge in [-0.1, -0.05) is 5.16 Å². The van der Waals surface area contributed by atoms with Crippen LogP contribution in [0, 0.1) is 0 Å². The molecular formula is C6H9FN2O2. The van der Waals surface area contributed by atoms with Gasteiger partial charge in [-0.25, -0.2) is 4.39 Å². The Hall–Kier alpha value is -1.13. The summed E-state index contributed by atoms with van der Waals surface area (Å²) < 4.78 is 12.2. The van der Waals surface area contributed by atoms with Crippen LogP contribution < -0.4 is 0 Å². The van der Waals surface area contributed by atoms with Crippen molar-refractivity contribution in [1.29, 1.82) is 0 Å². The van der Waals surface area contributed by atoms with Gasteiger partial charge in [0.05, 0.1) is 13.1 Å². The van der Waals surface area contributed by atoms with Crippen molar-refractivity contribution in [1.82, 2.24) is 4.90 Å². The summed E-state index contributed by atoms with van der Waals surface area (Å²) in [4.78, 5) is 16.5. The van der Waals surface area contributed by atoms with Crippen LogP contribution in [-0.4, -0.2) is 43.4 Å². The highest BCUT2D eigenvalue weighted by Crippen LogP contribution is 2.09. The first-order valence-electron chi connectivity index (χ1n) is 3.23. The Bertz CT molecular complexity index is 177. The number of oxime groups is 1. The fourth-order valence-corrected chi connectivity index (χ4v) is 0.784. The minimum absolute atomic E-state index is 0.175. The average molecular weight is 160 g/mol. The van der Waals surface area contributed by atoms with Crippen LogP contribution in [0.15, 0.2) is 5.16 Å². The number of halogens is 1. The van der Waals surface area contributed by atoms with E-state index in [1.54, 1.807) is 0 Å². The Kier molecular flexibility index (Phi) is 2.40. The number of hydrogen-bond donors (Lipinski definition) is 0. The second-order valence-electron chi connectivity index (χ2n) is 2.26. The van der Waals surface area contributed by atoms with E-state index < -0.39 is 6.17 Å². The number of amides is 1. The first-order valence-corrected chi connectivity index (χ1v) is 3.23. The zero-order chi connectivity index (χ0) is 8.27. The van der Waals surface area contributed by atoms with Crippen molar-refractivity contribution in [3.63, 3.8) is 0 Å². The van der Waals surface area contributed by atoms with Crippen LogP contribution in [0.4, 0.5) is 4.39 Å². The van der Waals surface area contributed by atoms with Crippen LogP contribution in [-0.2, 0) is 9.63 Å². The zero-order valence-electron chi connectivity index (χ0n) is 6.16. The Morgan fingerprint density at radius 3 is 2.91 bits per heavy atom. The summed E-state index contributed by atoms with van der Waals surface area (Å²) in [5, 5.41) is 3.26. The maximum absolute atomic E-state index is 12.2. The van der Waals surface area contributed by atoms with Gasteiger partial charge in [-0.15, -0.1) is 0 Å². The summed E-state index contributed by atoms with van der Waals surface area (Å²) in [7, 11) is 1.35. The Morgan fingerprint density at radius 1 is 1.82 bits per heavy atom. The van der Waals surface area contributed by atoms with Crippen LogP contribution in [0.2, 0.25) is 0 Å². The molecule has 1 aliphatic heterocycles. The van der Waals surface area contributed by atoms with Gasteiger partial charge in [-0.05, 0) is 0 Å². The lowest BCUT2D eigenvalue weighted by atomic mass is 10.2. The van der Waals surface area contributed by atoms with Crippen molar-refractivity contribution in [3.05, 3.63) is 0 Å². The van der Waals surface area contributed by atoms with Gasteiger partial charge in [-0.3, -0.25) is 4.79 Å². The van der Waals surface area contributed by atoms with Crippen molar-refractivity contribution >= 4 is 12.1 Å². The van der Waals surface area contributed by atoms with E-state index in [0.717, 1.165) is 6.21 Å². The number of carbonyl (C=O) groups is 1. The molecule has 1 amide bonds. The van der Waals surface area contributed by atoms with Gasteiger partial charge in [0.1, 0.15) is 19.5 Å². The normalized spacial score (nSPS) is 18.5. The molecule has 4 nitrogen and oxygen atoms in total. The highest BCUT2D eigenvalue weighted by atomic mass is 19.1. The lowest BCUT2D eigenvalue weighted by Crippen LogP contribution is -2.51. The number of carbonyl (C=O) groups excluding carboxylic acids is 1. The van der Waals surface area contributed by atoms with E-state index in [4.69, 9.17) is 0 Å². The SMILES string of the molecule is CO/N=C/C(=O)N1CC(F)C1. The largest absolute Gasteiger partial charge is 0.399 e. The van der Waals surface area contributed by atoms with E-state index in [1.165, 1.54) is 12.0 Å². The molecule has 0 saturated carbocycles. The lowest BCUT2D eigenvalue weighted by Gasteiger charge is -2.32. The fourth-order valence-electron chi connectivity index (χ4n) is 0.784. The van der Waals surface area contributed by atoms with Gasteiger partial charge < -0.3 is 9.74 Å². The summed E-state index contributed by atoms with van der Waals surface area (Å²) in [6.07, 6.45) is 0.168. The smallest absolute Gasteiger partial charge is 0.268 e. The van der Waals surface area contributed by atoms with Crippen molar-refractivity contribution in [2.75, 3.05) is 20.2 Å². The van der Waals surface area contributed by atoms with Gasteiger partial charge in [0.2, 0.25) is 0 Å². The highest BCUT2D eigenvalue weighted by Gasteiger charge is 2.29. The molecular weight excluding hydrogens is 151 g/mol. The molecule has 11 heavy (non-hydrogen) atoms. The summed E-state index contributed by atoms with van der Waals surface area (Å²) in [6.45, 7) is 0.350. The second kappa shape index (κ2) is 3.32. The fraction of sp³-hybridized carbons (Fsp3) is 0.667. The van der Waals surface area contributed by atoms with Crippen molar-refractivity contribution in [2.24, 2.45) is 5.16 Å². The van der Waals surface area contributed by atoms with Crippen molar-refractivity contribution in [3.8, 4) is 0 Å². The van der Waals surface area contributed by atoms with Crippen molar-refractivity contribution in [2.45, 2.75) is 6.17 Å². The molecule has 0 aliphatic carbocycles. The van der Waals surface area contributed by atoms with Gasteiger partial charge in [0, 0.05) is 0 Å². The highest BCUT2D eigenvalue weighted by molar-refractivity contribution is 6.26. The third kappa shape index (κ3) is 1.89. The standard InChI is InChI=1S/C6H9FN2O2/c1-11-8-2-6(10)9-3-5(7)4-9/h2,5H,3-4H2,1H3/b8-2+. The number of likely N-dealkylation sites (tertiary alicyclic amines) is 1. The van der Waals surface area contributed by atoms with Gasteiger partial charge in [-0.2, -0.15) is 0 Å². The van der Waals surface area contributed by atoms with Crippen LogP contribution in [0.25, 0.3) is 0 Å². The van der Waals surface area contributed by atoms with E-state index in [-0.39, 0.29) is 19.0 Å². The molecule has 5 heteroatoms. The third-order valence-corrected chi connectivity index (χ3v) is 1.42. The molecule has 1 aliphatic rings. The molecule has 0 unspecified atom stereocenters. The van der Waals surface area contributed by atoms with Crippen LogP contribution in [0.1, 0.15) is 0 Å². The topological polar surface area (TPSA) is 41.9 Å². The molecule has 0 bridgehead atoms. The zero-order valence-corrected chi connectivity index (χ0v) is 6.16. The van der Waals surface area contributed by atoms with Gasteiger partial charge in [0.25, 0.3) is 5.91 Å². The van der Waals surface area contributed by atoms with E-state index in [2.05, 4.69) is 9.99 Å². The lowest BCUT2D eigenvalue weighted by molar-refractivity contribution is -0.130. The minimum atomic E-state index is -0.866. The number of hydrogen-bond acceptors (Lipinski definition) is 3. The van der Waals surface area contributed by atoms with Crippen molar-refractivity contribution < 1.29 is 14.0 Å². The molecule has 0 spiro atoms. The predicted molar refractivity (Wildman–Crippen MR) is 37.0 cm³/mol. The van der Waals surface area contributed by atoms with Crippen LogP contribution in [0.3, 0.4) is 0 Å². The maximum atomic E-state index is 12.2. The Morgan fingerprint density at radius 2 is 2.45 bits per heavy atom. The Balaban J connectivity index is 2.26. The van der Waals surface area contributed by atoms with E-state index in [1.807, 2.05) is 0 Å². The molecule has 1 fully saturated rings. The van der Waals surface area contributed by atoms with Crippen LogP contribution in [0.5, 0.6) is 0 Å². The second-order valence-corrected chi connectivity index (χ2v) is 2.26. The van der Waals surface area contributed by atoms with E-state index >= 15 is 0 Å². The Labute approximate surface area is 63.6 Å². The molecule has 62 valence electrons. The third-order valence-electron chi connectivity index (χ3n) is 1.42. The van der Waals surface area contributed by atoms with Gasteiger partial charge >= 0.3 is 0 Å². The molecule has 0 atom stereocenters. The molecule has 0 N–H and O–H groups in total. The first kappa shape index (κ1) is 7.97. The van der Waals surface area contributed by atoms with Gasteiger partial charge in [0.15, 0.2) is 0 Å². The molecule has 1 saturated heterocycles. The summed E-state index contributed by atoms with van der Waals surface area (Å²) in [5.74, 6) is -0.305. The molecule has 0 aromatic heterocycles. The summed E-state index contributed by atoms with van der Waals surface area (Å²) >= 11 is 0. The summed E-state index contributed by atoms with van der Waals surface area (Å²) in [5.41, 5.74) is 0. The monoisotopic (exact) mass is 160 g/mol. The van der Waals surface area contributed by atoms with Crippen LogP contribution >= 0.6 is 0 Å². The molecule has 1 rings (SSSR count). The molecule has 1 heterocycles. The van der Waals surface area contributed by atoms with E-state index in [9.17, 15) is 9.18 Å². The quantitative estimate of drug-likeness (QED) is 0.414. The molecule has 0 aromatic rings. The number of rotatable bonds is 2. The maximum Gasteiger partial charge on any atom is 0.268 e. The average Bonchev–Trinajstić information content (AvgIpc) is 1.94. The number of alkyl halides is 1. The molecule has 0 aromatic carbocycles. The van der Waals surface area contributed by atoms with E-state index in [0.29, 0.717) is 0 Å². The number of nitrogens with zero attached hydrogens (tertiary/aromatic N) is 2. The predicted octanol–water partition coefficient (Wildman–Crippen LogP) is -0.201. The molecule has 0 radical (unpaired) electrons. The first-order chi connectivity index (χ1) is 5.24.